The molecule has 1 aromatic heterocycles. The Hall–Kier alpha value is -2.28. The Kier molecular flexibility index (Phi) is 4.10. The highest BCUT2D eigenvalue weighted by Crippen LogP contribution is 2.49. The van der Waals surface area contributed by atoms with E-state index in [9.17, 15) is 4.79 Å². The van der Waals surface area contributed by atoms with Crippen molar-refractivity contribution in [2.75, 3.05) is 18.0 Å². The van der Waals surface area contributed by atoms with E-state index in [1.807, 2.05) is 27.0 Å². The molecule has 2 atom stereocenters. The van der Waals surface area contributed by atoms with Crippen LogP contribution in [0.1, 0.15) is 46.1 Å². The SMILES string of the molecule is CC1CN(c2c(C3(N)CC3)ccc3[nH]ncc23)CC1NC(=O)OC(C)(C)C. The van der Waals surface area contributed by atoms with Crippen LogP contribution in [0.15, 0.2) is 18.3 Å². The maximum Gasteiger partial charge on any atom is 0.407 e. The second-order valence-corrected chi connectivity index (χ2v) is 9.08. The fourth-order valence-corrected chi connectivity index (χ4v) is 3.95. The number of carbonyl (C=O) groups excluding carboxylic acids is 1. The predicted molar refractivity (Wildman–Crippen MR) is 106 cm³/mol. The van der Waals surface area contributed by atoms with Crippen LogP contribution in [0.5, 0.6) is 0 Å². The molecular formula is C20H29N5O2. The first-order chi connectivity index (χ1) is 12.7. The summed E-state index contributed by atoms with van der Waals surface area (Å²) in [7, 11) is 0. The quantitative estimate of drug-likeness (QED) is 0.771. The van der Waals surface area contributed by atoms with Gasteiger partial charge in [-0.15, -0.1) is 0 Å². The van der Waals surface area contributed by atoms with Gasteiger partial charge in [0.25, 0.3) is 0 Å². The Labute approximate surface area is 159 Å². The minimum atomic E-state index is -0.501. The van der Waals surface area contributed by atoms with Crippen molar-refractivity contribution in [1.29, 1.82) is 0 Å². The molecule has 0 radical (unpaired) electrons. The van der Waals surface area contributed by atoms with Crippen molar-refractivity contribution in [3.8, 4) is 0 Å². The van der Waals surface area contributed by atoms with Crippen molar-refractivity contribution in [2.45, 2.75) is 57.7 Å². The number of nitrogens with one attached hydrogen (secondary N) is 2. The predicted octanol–water partition coefficient (Wildman–Crippen LogP) is 2.86. The number of hydrogen-bond acceptors (Lipinski definition) is 5. The third-order valence-electron chi connectivity index (χ3n) is 5.55. The molecule has 4 N–H and O–H groups in total. The average molecular weight is 371 g/mol. The third-order valence-corrected chi connectivity index (χ3v) is 5.55. The summed E-state index contributed by atoms with van der Waals surface area (Å²) in [4.78, 5) is 14.6. The molecule has 2 aliphatic rings. The number of fused-ring (bicyclic) bond motifs is 1. The van der Waals surface area contributed by atoms with Crippen LogP contribution in [-0.2, 0) is 10.3 Å². The number of rotatable bonds is 3. The van der Waals surface area contributed by atoms with Gasteiger partial charge in [-0.2, -0.15) is 5.10 Å². The van der Waals surface area contributed by atoms with Crippen LogP contribution < -0.4 is 16.0 Å². The molecule has 2 heterocycles. The molecule has 2 fully saturated rings. The summed E-state index contributed by atoms with van der Waals surface area (Å²) in [5.41, 5.74) is 9.18. The van der Waals surface area contributed by atoms with E-state index in [-0.39, 0.29) is 17.7 Å². The first-order valence-electron chi connectivity index (χ1n) is 9.66. The molecule has 146 valence electrons. The molecule has 1 saturated carbocycles. The van der Waals surface area contributed by atoms with Crippen molar-refractivity contribution >= 4 is 22.7 Å². The maximum atomic E-state index is 12.2. The van der Waals surface area contributed by atoms with E-state index in [1.165, 1.54) is 5.56 Å². The number of ether oxygens (including phenoxy) is 1. The lowest BCUT2D eigenvalue weighted by atomic mass is 10.00. The molecule has 1 aliphatic heterocycles. The number of hydrogen-bond donors (Lipinski definition) is 3. The van der Waals surface area contributed by atoms with E-state index in [2.05, 4.69) is 39.5 Å². The standard InChI is InChI=1S/C20H29N5O2/c1-12-10-25(11-16(12)23-18(26)27-19(2,3)4)17-13-9-22-24-15(13)6-5-14(17)20(21)7-8-20/h5-6,9,12,16H,7-8,10-11,21H2,1-4H3,(H,22,24)(H,23,26). The number of anilines is 1. The molecule has 4 rings (SSSR count). The number of aromatic nitrogens is 2. The van der Waals surface area contributed by atoms with Gasteiger partial charge in [-0.05, 0) is 51.2 Å². The molecular weight excluding hydrogens is 342 g/mol. The van der Waals surface area contributed by atoms with Gasteiger partial charge < -0.3 is 20.7 Å². The summed E-state index contributed by atoms with van der Waals surface area (Å²) < 4.78 is 5.43. The normalized spacial score (nSPS) is 24.3. The third kappa shape index (κ3) is 3.48. The molecule has 27 heavy (non-hydrogen) atoms. The lowest BCUT2D eigenvalue weighted by molar-refractivity contribution is 0.0499. The summed E-state index contributed by atoms with van der Waals surface area (Å²) in [6, 6.07) is 4.22. The fourth-order valence-electron chi connectivity index (χ4n) is 3.95. The van der Waals surface area contributed by atoms with Crippen molar-refractivity contribution in [1.82, 2.24) is 15.5 Å². The monoisotopic (exact) mass is 371 g/mol. The minimum Gasteiger partial charge on any atom is -0.444 e. The van der Waals surface area contributed by atoms with Crippen LogP contribution in [0.25, 0.3) is 10.9 Å². The van der Waals surface area contributed by atoms with Crippen LogP contribution in [0.3, 0.4) is 0 Å². The lowest BCUT2D eigenvalue weighted by Gasteiger charge is -2.26. The molecule has 2 unspecified atom stereocenters. The number of nitrogens with zero attached hydrogens (tertiary/aromatic N) is 2. The van der Waals surface area contributed by atoms with Crippen LogP contribution in [0, 0.1) is 5.92 Å². The molecule has 1 aliphatic carbocycles. The lowest BCUT2D eigenvalue weighted by Crippen LogP contribution is -2.42. The highest BCUT2D eigenvalue weighted by atomic mass is 16.6. The first-order valence-corrected chi connectivity index (χ1v) is 9.66. The Morgan fingerprint density at radius 3 is 2.78 bits per heavy atom. The van der Waals surface area contributed by atoms with Crippen molar-refractivity contribution in [2.24, 2.45) is 11.7 Å². The molecule has 1 aromatic carbocycles. The average Bonchev–Trinajstić information content (AvgIpc) is 2.99. The van der Waals surface area contributed by atoms with E-state index in [0.717, 1.165) is 42.5 Å². The van der Waals surface area contributed by atoms with E-state index < -0.39 is 5.60 Å². The molecule has 7 heteroatoms. The summed E-state index contributed by atoms with van der Waals surface area (Å²) in [6.07, 6.45) is 3.53. The van der Waals surface area contributed by atoms with Crippen LogP contribution in [0.2, 0.25) is 0 Å². The van der Waals surface area contributed by atoms with E-state index in [1.54, 1.807) is 0 Å². The van der Waals surface area contributed by atoms with Crippen LogP contribution in [0.4, 0.5) is 10.5 Å². The molecule has 2 aromatic rings. The maximum absolute atomic E-state index is 12.2. The van der Waals surface area contributed by atoms with Gasteiger partial charge in [-0.3, -0.25) is 5.10 Å². The van der Waals surface area contributed by atoms with Gasteiger partial charge in [0.2, 0.25) is 0 Å². The second kappa shape index (κ2) is 6.12. The number of alkyl carbamates (subject to hydrolysis) is 1. The zero-order chi connectivity index (χ0) is 19.4. The first kappa shape index (κ1) is 18.1. The summed E-state index contributed by atoms with van der Waals surface area (Å²) >= 11 is 0. The van der Waals surface area contributed by atoms with Gasteiger partial charge in [0.1, 0.15) is 5.60 Å². The van der Waals surface area contributed by atoms with E-state index in [0.29, 0.717) is 5.92 Å². The largest absolute Gasteiger partial charge is 0.444 e. The number of H-pyrrole nitrogens is 1. The van der Waals surface area contributed by atoms with Crippen LogP contribution >= 0.6 is 0 Å². The van der Waals surface area contributed by atoms with Gasteiger partial charge >= 0.3 is 6.09 Å². The second-order valence-electron chi connectivity index (χ2n) is 9.08. The summed E-state index contributed by atoms with van der Waals surface area (Å²) in [5.74, 6) is 0.306. The fraction of sp³-hybridized carbons (Fsp3) is 0.600. The van der Waals surface area contributed by atoms with Crippen molar-refractivity contribution in [3.63, 3.8) is 0 Å². The Morgan fingerprint density at radius 1 is 1.37 bits per heavy atom. The highest BCUT2D eigenvalue weighted by Gasteiger charge is 2.44. The number of carbonyl (C=O) groups is 1. The molecule has 7 nitrogen and oxygen atoms in total. The van der Waals surface area contributed by atoms with E-state index in [4.69, 9.17) is 10.5 Å². The van der Waals surface area contributed by atoms with Crippen molar-refractivity contribution < 1.29 is 9.53 Å². The highest BCUT2D eigenvalue weighted by molar-refractivity contribution is 5.94. The zero-order valence-corrected chi connectivity index (χ0v) is 16.5. The number of nitrogens with two attached hydrogens (primary N) is 1. The smallest absolute Gasteiger partial charge is 0.407 e. The summed E-state index contributed by atoms with van der Waals surface area (Å²) in [5, 5.41) is 11.4. The molecule has 0 bridgehead atoms. The Balaban J connectivity index is 1.60. The topological polar surface area (TPSA) is 96.3 Å². The minimum absolute atomic E-state index is 0.0304. The van der Waals surface area contributed by atoms with Gasteiger partial charge in [-0.1, -0.05) is 13.0 Å². The number of aromatic amines is 1. The van der Waals surface area contributed by atoms with Gasteiger partial charge in [0, 0.05) is 24.0 Å². The van der Waals surface area contributed by atoms with Gasteiger partial charge in [0.05, 0.1) is 23.4 Å². The van der Waals surface area contributed by atoms with Gasteiger partial charge in [-0.25, -0.2) is 4.79 Å². The summed E-state index contributed by atoms with van der Waals surface area (Å²) in [6.45, 7) is 9.37. The van der Waals surface area contributed by atoms with E-state index >= 15 is 0 Å². The molecule has 1 saturated heterocycles. The molecule has 0 spiro atoms. The van der Waals surface area contributed by atoms with Crippen molar-refractivity contribution in [3.05, 3.63) is 23.9 Å². The van der Waals surface area contributed by atoms with Gasteiger partial charge in [0.15, 0.2) is 0 Å². The number of amides is 1. The Morgan fingerprint density at radius 2 is 2.11 bits per heavy atom. The van der Waals surface area contributed by atoms with Crippen LogP contribution in [-0.4, -0.2) is 41.0 Å². The number of benzene rings is 1. The molecule has 1 amide bonds. The zero-order valence-electron chi connectivity index (χ0n) is 16.5. The Bertz CT molecular complexity index is 865.